The number of pyridine rings is 1. The summed E-state index contributed by atoms with van der Waals surface area (Å²) in [5.74, 6) is -3.26. The van der Waals surface area contributed by atoms with Gasteiger partial charge < -0.3 is 14.8 Å². The number of fused-ring (bicyclic) bond motifs is 1. The van der Waals surface area contributed by atoms with Crippen molar-refractivity contribution in [1.29, 1.82) is 0 Å². The highest BCUT2D eigenvalue weighted by atomic mass is 19.1. The van der Waals surface area contributed by atoms with Crippen LogP contribution in [0.25, 0.3) is 10.9 Å². The number of carbonyl (C=O) groups excluding carboxylic acids is 1. The third-order valence-electron chi connectivity index (χ3n) is 2.57. The standard InChI is InChI=1S/C12H8FNO5/c1-19-12(18)9-8(11(16)17)10(15)6-4-5(13)2-3-7(6)14-9/h2-4H,1H3,(H,14,15)(H,16,17). The fourth-order valence-corrected chi connectivity index (χ4v) is 1.72. The second kappa shape index (κ2) is 4.52. The van der Waals surface area contributed by atoms with E-state index in [-0.39, 0.29) is 10.9 Å². The summed E-state index contributed by atoms with van der Waals surface area (Å²) in [6.07, 6.45) is 0. The smallest absolute Gasteiger partial charge is 0.355 e. The Balaban J connectivity index is 2.94. The molecule has 7 heteroatoms. The molecule has 6 nitrogen and oxygen atoms in total. The van der Waals surface area contributed by atoms with Crippen molar-refractivity contribution in [3.63, 3.8) is 0 Å². The van der Waals surface area contributed by atoms with Crippen molar-refractivity contribution >= 4 is 22.8 Å². The lowest BCUT2D eigenvalue weighted by molar-refractivity contribution is 0.0575. The van der Waals surface area contributed by atoms with Crippen LogP contribution in [0.3, 0.4) is 0 Å². The molecule has 0 fully saturated rings. The summed E-state index contributed by atoms with van der Waals surface area (Å²) in [5, 5.41) is 8.85. The molecular formula is C12H8FNO5. The predicted molar refractivity (Wildman–Crippen MR) is 62.8 cm³/mol. The highest BCUT2D eigenvalue weighted by Crippen LogP contribution is 2.14. The first kappa shape index (κ1) is 12.7. The summed E-state index contributed by atoms with van der Waals surface area (Å²) in [6.45, 7) is 0. The van der Waals surface area contributed by atoms with Crippen molar-refractivity contribution in [2.45, 2.75) is 0 Å². The average molecular weight is 265 g/mol. The Hall–Kier alpha value is -2.70. The van der Waals surface area contributed by atoms with Crippen LogP contribution in [0.4, 0.5) is 4.39 Å². The molecule has 0 aliphatic rings. The average Bonchev–Trinajstić information content (AvgIpc) is 2.37. The molecule has 0 saturated carbocycles. The van der Waals surface area contributed by atoms with Gasteiger partial charge in [-0.15, -0.1) is 0 Å². The van der Waals surface area contributed by atoms with Crippen LogP contribution in [0.2, 0.25) is 0 Å². The number of carboxylic acids is 1. The van der Waals surface area contributed by atoms with Crippen molar-refractivity contribution < 1.29 is 23.8 Å². The maximum atomic E-state index is 13.1. The van der Waals surface area contributed by atoms with Gasteiger partial charge in [-0.05, 0) is 18.2 Å². The van der Waals surface area contributed by atoms with E-state index in [1.807, 2.05) is 0 Å². The van der Waals surface area contributed by atoms with E-state index >= 15 is 0 Å². The van der Waals surface area contributed by atoms with Gasteiger partial charge in [0.15, 0.2) is 0 Å². The Morgan fingerprint density at radius 2 is 2.05 bits per heavy atom. The third-order valence-corrected chi connectivity index (χ3v) is 2.57. The third kappa shape index (κ3) is 2.05. The Morgan fingerprint density at radius 3 is 2.63 bits per heavy atom. The highest BCUT2D eigenvalue weighted by molar-refractivity contribution is 6.03. The summed E-state index contributed by atoms with van der Waals surface area (Å²) < 4.78 is 17.5. The quantitative estimate of drug-likeness (QED) is 0.794. The molecule has 98 valence electrons. The number of carboxylic acid groups (broad SMARTS) is 1. The lowest BCUT2D eigenvalue weighted by atomic mass is 10.1. The molecule has 2 aromatic rings. The van der Waals surface area contributed by atoms with E-state index in [4.69, 9.17) is 5.11 Å². The molecule has 0 unspecified atom stereocenters. The molecule has 0 spiro atoms. The Kier molecular flexibility index (Phi) is 3.04. The zero-order valence-corrected chi connectivity index (χ0v) is 9.69. The molecule has 0 aliphatic carbocycles. The van der Waals surface area contributed by atoms with Gasteiger partial charge in [-0.1, -0.05) is 0 Å². The molecule has 0 saturated heterocycles. The summed E-state index contributed by atoms with van der Waals surface area (Å²) in [5.41, 5.74) is -2.04. The fourth-order valence-electron chi connectivity index (χ4n) is 1.72. The number of aromatic amines is 1. The number of rotatable bonds is 2. The summed E-state index contributed by atoms with van der Waals surface area (Å²) in [6, 6.07) is 3.23. The van der Waals surface area contributed by atoms with Crippen LogP contribution in [0, 0.1) is 5.82 Å². The molecule has 0 amide bonds. The minimum absolute atomic E-state index is 0.148. The van der Waals surface area contributed by atoms with Gasteiger partial charge in [-0.25, -0.2) is 14.0 Å². The second-order valence-corrected chi connectivity index (χ2v) is 3.69. The number of H-pyrrole nitrogens is 1. The number of hydrogen-bond acceptors (Lipinski definition) is 4. The number of nitrogens with one attached hydrogen (secondary N) is 1. The van der Waals surface area contributed by atoms with E-state index in [0.717, 1.165) is 19.2 Å². The molecule has 0 bridgehead atoms. The number of halogens is 1. The number of hydrogen-bond donors (Lipinski definition) is 2. The van der Waals surface area contributed by atoms with E-state index in [2.05, 4.69) is 9.72 Å². The van der Waals surface area contributed by atoms with Crippen LogP contribution in [0.15, 0.2) is 23.0 Å². The van der Waals surface area contributed by atoms with Crippen molar-refractivity contribution in [3.8, 4) is 0 Å². The van der Waals surface area contributed by atoms with Crippen molar-refractivity contribution in [2.75, 3.05) is 7.11 Å². The normalized spacial score (nSPS) is 10.4. The number of carbonyl (C=O) groups is 2. The fraction of sp³-hybridized carbons (Fsp3) is 0.0833. The van der Waals surface area contributed by atoms with Gasteiger partial charge in [0, 0.05) is 5.39 Å². The van der Waals surface area contributed by atoms with Crippen LogP contribution in [0.1, 0.15) is 20.8 Å². The van der Waals surface area contributed by atoms with E-state index < -0.39 is 34.4 Å². The minimum Gasteiger partial charge on any atom is -0.477 e. The molecule has 19 heavy (non-hydrogen) atoms. The van der Waals surface area contributed by atoms with E-state index in [0.29, 0.717) is 0 Å². The first-order valence-corrected chi connectivity index (χ1v) is 5.13. The number of esters is 1. The van der Waals surface area contributed by atoms with Crippen LogP contribution < -0.4 is 5.43 Å². The molecular weight excluding hydrogens is 257 g/mol. The van der Waals surface area contributed by atoms with Gasteiger partial charge in [-0.3, -0.25) is 4.79 Å². The largest absolute Gasteiger partial charge is 0.477 e. The number of methoxy groups -OCH3 is 1. The first-order valence-electron chi connectivity index (χ1n) is 5.13. The molecule has 1 heterocycles. The monoisotopic (exact) mass is 265 g/mol. The number of aromatic carboxylic acids is 1. The van der Waals surface area contributed by atoms with Gasteiger partial charge in [0.1, 0.15) is 17.1 Å². The predicted octanol–water partition coefficient (Wildman–Crippen LogP) is 1.15. The van der Waals surface area contributed by atoms with Crippen LogP contribution in [-0.2, 0) is 4.74 Å². The first-order chi connectivity index (χ1) is 8.95. The SMILES string of the molecule is COC(=O)c1[nH]c2ccc(F)cc2c(=O)c1C(=O)O. The van der Waals surface area contributed by atoms with Gasteiger partial charge in [0.2, 0.25) is 5.43 Å². The molecule has 2 N–H and O–H groups in total. The Bertz CT molecular complexity index is 750. The lowest BCUT2D eigenvalue weighted by Crippen LogP contribution is -2.23. The molecule has 0 radical (unpaired) electrons. The van der Waals surface area contributed by atoms with Crippen LogP contribution >= 0.6 is 0 Å². The minimum atomic E-state index is -1.59. The number of ether oxygens (including phenoxy) is 1. The van der Waals surface area contributed by atoms with Crippen LogP contribution in [-0.4, -0.2) is 29.1 Å². The van der Waals surface area contributed by atoms with Gasteiger partial charge >= 0.3 is 11.9 Å². The van der Waals surface area contributed by atoms with Gasteiger partial charge in [-0.2, -0.15) is 0 Å². The molecule has 0 aliphatic heterocycles. The van der Waals surface area contributed by atoms with Crippen molar-refractivity contribution in [3.05, 3.63) is 45.5 Å². The van der Waals surface area contributed by atoms with Crippen molar-refractivity contribution in [1.82, 2.24) is 4.98 Å². The Labute approximate surface area is 105 Å². The molecule has 1 aromatic carbocycles. The highest BCUT2D eigenvalue weighted by Gasteiger charge is 2.23. The maximum Gasteiger partial charge on any atom is 0.355 e. The topological polar surface area (TPSA) is 96.5 Å². The molecule has 0 atom stereocenters. The van der Waals surface area contributed by atoms with Crippen molar-refractivity contribution in [2.24, 2.45) is 0 Å². The summed E-state index contributed by atoms with van der Waals surface area (Å²) in [7, 11) is 1.06. The lowest BCUT2D eigenvalue weighted by Gasteiger charge is -2.06. The molecule has 1 aromatic heterocycles. The maximum absolute atomic E-state index is 13.1. The number of aromatic nitrogens is 1. The summed E-state index contributed by atoms with van der Waals surface area (Å²) in [4.78, 5) is 37.0. The Morgan fingerprint density at radius 1 is 1.37 bits per heavy atom. The van der Waals surface area contributed by atoms with Gasteiger partial charge in [0.05, 0.1) is 12.6 Å². The number of benzene rings is 1. The zero-order chi connectivity index (χ0) is 14.2. The zero-order valence-electron chi connectivity index (χ0n) is 9.69. The summed E-state index contributed by atoms with van der Waals surface area (Å²) >= 11 is 0. The van der Waals surface area contributed by atoms with Crippen LogP contribution in [0.5, 0.6) is 0 Å². The molecule has 2 rings (SSSR count). The second-order valence-electron chi connectivity index (χ2n) is 3.69. The van der Waals surface area contributed by atoms with Gasteiger partial charge in [0.25, 0.3) is 0 Å². The van der Waals surface area contributed by atoms with E-state index in [9.17, 15) is 18.8 Å². The van der Waals surface area contributed by atoms with E-state index in [1.54, 1.807) is 0 Å². The van der Waals surface area contributed by atoms with E-state index in [1.165, 1.54) is 6.07 Å².